The summed E-state index contributed by atoms with van der Waals surface area (Å²) in [4.78, 5) is 26.9. The summed E-state index contributed by atoms with van der Waals surface area (Å²) >= 11 is 0. The predicted molar refractivity (Wildman–Crippen MR) is 112 cm³/mol. The molecule has 1 aliphatic rings. The van der Waals surface area contributed by atoms with E-state index in [0.717, 1.165) is 19.5 Å². The molecule has 28 heavy (non-hydrogen) atoms. The van der Waals surface area contributed by atoms with Crippen LogP contribution < -0.4 is 15.5 Å². The van der Waals surface area contributed by atoms with E-state index in [-0.39, 0.29) is 24.3 Å². The van der Waals surface area contributed by atoms with Crippen LogP contribution in [0, 0.1) is 17.8 Å². The van der Waals surface area contributed by atoms with Crippen molar-refractivity contribution in [3.05, 3.63) is 30.3 Å². The Morgan fingerprint density at radius 3 is 2.46 bits per heavy atom. The van der Waals surface area contributed by atoms with Gasteiger partial charge in [-0.2, -0.15) is 0 Å². The quantitative estimate of drug-likeness (QED) is 0.750. The van der Waals surface area contributed by atoms with Crippen molar-refractivity contribution in [2.75, 3.05) is 31.1 Å². The van der Waals surface area contributed by atoms with E-state index in [1.807, 2.05) is 40.7 Å². The molecule has 156 valence electrons. The van der Waals surface area contributed by atoms with Gasteiger partial charge in [-0.05, 0) is 51.2 Å². The van der Waals surface area contributed by atoms with Crippen molar-refractivity contribution in [1.29, 1.82) is 0 Å². The van der Waals surface area contributed by atoms with E-state index in [1.54, 1.807) is 0 Å². The van der Waals surface area contributed by atoms with Crippen LogP contribution in [0.4, 0.5) is 10.5 Å². The number of nitrogens with one attached hydrogen (secondary N) is 2. The van der Waals surface area contributed by atoms with Crippen LogP contribution in [0.25, 0.3) is 0 Å². The lowest BCUT2D eigenvalue weighted by Crippen LogP contribution is -2.44. The minimum Gasteiger partial charge on any atom is -0.444 e. The van der Waals surface area contributed by atoms with Gasteiger partial charge in [0.15, 0.2) is 0 Å². The summed E-state index contributed by atoms with van der Waals surface area (Å²) in [7, 11) is 0. The molecular weight excluding hydrogens is 354 g/mol. The Labute approximate surface area is 169 Å². The molecule has 2 amide bonds. The third kappa shape index (κ3) is 7.06. The van der Waals surface area contributed by atoms with Gasteiger partial charge in [-0.3, -0.25) is 4.79 Å². The Morgan fingerprint density at radius 2 is 1.86 bits per heavy atom. The molecule has 6 heteroatoms. The maximum Gasteiger partial charge on any atom is 0.407 e. The molecule has 2 rings (SSSR count). The molecule has 0 bridgehead atoms. The second kappa shape index (κ2) is 9.80. The number of hydrogen-bond donors (Lipinski definition) is 2. The molecule has 0 radical (unpaired) electrons. The predicted octanol–water partition coefficient (Wildman–Crippen LogP) is 3.43. The molecule has 2 N–H and O–H groups in total. The first-order chi connectivity index (χ1) is 13.2. The fourth-order valence-electron chi connectivity index (χ4n) is 3.39. The van der Waals surface area contributed by atoms with Crippen LogP contribution in [-0.4, -0.2) is 43.8 Å². The van der Waals surface area contributed by atoms with Gasteiger partial charge in [0, 0.05) is 31.9 Å². The molecular formula is C22H35N3O3. The van der Waals surface area contributed by atoms with Gasteiger partial charge in [0.25, 0.3) is 0 Å². The molecule has 1 saturated heterocycles. The van der Waals surface area contributed by atoms with Crippen LogP contribution in [0.15, 0.2) is 30.3 Å². The highest BCUT2D eigenvalue weighted by Gasteiger charge is 2.27. The summed E-state index contributed by atoms with van der Waals surface area (Å²) in [6.45, 7) is 12.3. The van der Waals surface area contributed by atoms with Crippen molar-refractivity contribution in [3.8, 4) is 0 Å². The number of carbonyl (C=O) groups excluding carboxylic acids is 2. The second-order valence-electron chi connectivity index (χ2n) is 8.91. The zero-order valence-electron chi connectivity index (χ0n) is 17.8. The zero-order valence-corrected chi connectivity index (χ0v) is 17.8. The molecule has 0 saturated carbocycles. The molecule has 0 aliphatic carbocycles. The van der Waals surface area contributed by atoms with E-state index in [0.29, 0.717) is 12.5 Å². The third-order valence-corrected chi connectivity index (χ3v) is 4.98. The molecule has 2 unspecified atom stereocenters. The number of para-hydroxylation sites is 1. The number of ether oxygens (including phenoxy) is 1. The van der Waals surface area contributed by atoms with Crippen LogP contribution in [0.3, 0.4) is 0 Å². The van der Waals surface area contributed by atoms with Crippen LogP contribution in [0.5, 0.6) is 0 Å². The number of rotatable bonds is 7. The highest BCUT2D eigenvalue weighted by Crippen LogP contribution is 2.23. The van der Waals surface area contributed by atoms with Gasteiger partial charge >= 0.3 is 6.09 Å². The Balaban J connectivity index is 1.78. The minimum atomic E-state index is -0.549. The zero-order chi connectivity index (χ0) is 20.7. The smallest absolute Gasteiger partial charge is 0.407 e. The van der Waals surface area contributed by atoms with Crippen molar-refractivity contribution < 1.29 is 14.3 Å². The van der Waals surface area contributed by atoms with Gasteiger partial charge in [0.05, 0.1) is 5.92 Å². The minimum absolute atomic E-state index is 0.00998. The van der Waals surface area contributed by atoms with E-state index in [1.165, 1.54) is 5.69 Å². The molecule has 2 atom stereocenters. The number of anilines is 1. The Bertz CT molecular complexity index is 640. The first-order valence-electron chi connectivity index (χ1n) is 10.2. The monoisotopic (exact) mass is 389 g/mol. The lowest BCUT2D eigenvalue weighted by molar-refractivity contribution is -0.126. The Hall–Kier alpha value is -2.24. The van der Waals surface area contributed by atoms with Crippen molar-refractivity contribution in [2.45, 2.75) is 46.6 Å². The fraction of sp³-hybridized carbons (Fsp3) is 0.636. The molecule has 1 fully saturated rings. The SMILES string of the molecule is CC(C)C(CNC(=O)OC(C)(C)C)C(=O)NCC1CCN(c2ccccc2)C1. The summed E-state index contributed by atoms with van der Waals surface area (Å²) in [5, 5.41) is 5.82. The number of nitrogens with zero attached hydrogens (tertiary/aromatic N) is 1. The summed E-state index contributed by atoms with van der Waals surface area (Å²) in [5.41, 5.74) is 0.685. The first kappa shape index (κ1) is 22.1. The maximum atomic E-state index is 12.7. The van der Waals surface area contributed by atoms with Gasteiger partial charge < -0.3 is 20.3 Å². The van der Waals surface area contributed by atoms with Gasteiger partial charge in [-0.25, -0.2) is 4.79 Å². The van der Waals surface area contributed by atoms with Crippen LogP contribution >= 0.6 is 0 Å². The molecule has 6 nitrogen and oxygen atoms in total. The standard InChI is InChI=1S/C22H35N3O3/c1-16(2)19(14-24-21(27)28-22(3,4)5)20(26)23-13-17-11-12-25(15-17)18-9-7-6-8-10-18/h6-10,16-17,19H,11-15H2,1-5H3,(H,23,26)(H,24,27). The summed E-state index contributed by atoms with van der Waals surface area (Å²) in [5.74, 6) is 0.276. The molecule has 1 aromatic carbocycles. The van der Waals surface area contributed by atoms with Gasteiger partial charge in [0.1, 0.15) is 5.60 Å². The topological polar surface area (TPSA) is 70.7 Å². The summed E-state index contributed by atoms with van der Waals surface area (Å²) < 4.78 is 5.26. The second-order valence-corrected chi connectivity index (χ2v) is 8.91. The Morgan fingerprint density at radius 1 is 1.18 bits per heavy atom. The van der Waals surface area contributed by atoms with E-state index < -0.39 is 11.7 Å². The average molecular weight is 390 g/mol. The van der Waals surface area contributed by atoms with Crippen LogP contribution in [0.2, 0.25) is 0 Å². The summed E-state index contributed by atoms with van der Waals surface area (Å²) in [6.07, 6.45) is 0.581. The molecule has 0 spiro atoms. The lowest BCUT2D eigenvalue weighted by Gasteiger charge is -2.24. The molecule has 1 aliphatic heterocycles. The normalized spacial score (nSPS) is 18.1. The van der Waals surface area contributed by atoms with Gasteiger partial charge in [-0.15, -0.1) is 0 Å². The van der Waals surface area contributed by atoms with Crippen molar-refractivity contribution in [3.63, 3.8) is 0 Å². The summed E-state index contributed by atoms with van der Waals surface area (Å²) in [6, 6.07) is 10.4. The largest absolute Gasteiger partial charge is 0.444 e. The molecule has 0 aromatic heterocycles. The van der Waals surface area contributed by atoms with Crippen LogP contribution in [0.1, 0.15) is 41.0 Å². The number of alkyl carbamates (subject to hydrolysis) is 1. The van der Waals surface area contributed by atoms with Crippen molar-refractivity contribution in [1.82, 2.24) is 10.6 Å². The van der Waals surface area contributed by atoms with Crippen LogP contribution in [-0.2, 0) is 9.53 Å². The number of carbonyl (C=O) groups is 2. The fourth-order valence-corrected chi connectivity index (χ4v) is 3.39. The first-order valence-corrected chi connectivity index (χ1v) is 10.2. The highest BCUT2D eigenvalue weighted by atomic mass is 16.6. The van der Waals surface area contributed by atoms with Gasteiger partial charge in [0.2, 0.25) is 5.91 Å². The molecule has 1 aromatic rings. The number of hydrogen-bond acceptors (Lipinski definition) is 4. The lowest BCUT2D eigenvalue weighted by atomic mass is 9.94. The van der Waals surface area contributed by atoms with E-state index in [4.69, 9.17) is 4.74 Å². The average Bonchev–Trinajstić information content (AvgIpc) is 3.08. The third-order valence-electron chi connectivity index (χ3n) is 4.98. The number of benzene rings is 1. The van der Waals surface area contributed by atoms with Crippen molar-refractivity contribution >= 4 is 17.7 Å². The molecule has 1 heterocycles. The van der Waals surface area contributed by atoms with E-state index in [9.17, 15) is 9.59 Å². The van der Waals surface area contributed by atoms with E-state index >= 15 is 0 Å². The maximum absolute atomic E-state index is 12.7. The van der Waals surface area contributed by atoms with E-state index in [2.05, 4.69) is 39.8 Å². The van der Waals surface area contributed by atoms with Crippen molar-refractivity contribution in [2.24, 2.45) is 17.8 Å². The highest BCUT2D eigenvalue weighted by molar-refractivity contribution is 5.80. The number of amides is 2. The van der Waals surface area contributed by atoms with Gasteiger partial charge in [-0.1, -0.05) is 32.0 Å². The Kier molecular flexibility index (Phi) is 7.72.